The van der Waals surface area contributed by atoms with Crippen molar-refractivity contribution in [2.75, 3.05) is 13.2 Å². The van der Waals surface area contributed by atoms with Crippen LogP contribution in [0.3, 0.4) is 0 Å². The molecule has 5 heteroatoms. The number of hydrogen-bond acceptors (Lipinski definition) is 3. The third kappa shape index (κ3) is 3.76. The molecule has 0 aromatic rings. The molecule has 2 aliphatic carbocycles. The summed E-state index contributed by atoms with van der Waals surface area (Å²) in [6, 6.07) is 0.267. The first-order chi connectivity index (χ1) is 11.5. The molecule has 1 unspecified atom stereocenters. The number of amides is 1. The van der Waals surface area contributed by atoms with Crippen LogP contribution < -0.4 is 0 Å². The fourth-order valence-corrected chi connectivity index (χ4v) is 4.48. The lowest BCUT2D eigenvalue weighted by Gasteiger charge is -2.42. The van der Waals surface area contributed by atoms with Gasteiger partial charge in [-0.25, -0.2) is 0 Å². The van der Waals surface area contributed by atoms with Gasteiger partial charge in [0.2, 0.25) is 5.91 Å². The minimum absolute atomic E-state index is 0.0344. The summed E-state index contributed by atoms with van der Waals surface area (Å²) in [6.45, 7) is 3.71. The number of carbonyl (C=O) groups excluding carboxylic acids is 1. The van der Waals surface area contributed by atoms with E-state index in [-0.39, 0.29) is 24.5 Å². The van der Waals surface area contributed by atoms with E-state index in [1.54, 1.807) is 0 Å². The molecule has 0 aromatic heterocycles. The number of rotatable bonds is 6. The van der Waals surface area contributed by atoms with Crippen LogP contribution >= 0.6 is 0 Å². The second-order valence-corrected chi connectivity index (χ2v) is 8.21. The Labute approximate surface area is 144 Å². The number of nitrogens with zero attached hydrogens (tertiary/aromatic N) is 1. The van der Waals surface area contributed by atoms with Gasteiger partial charge in [-0.05, 0) is 57.3 Å². The van der Waals surface area contributed by atoms with E-state index in [1.165, 1.54) is 0 Å². The molecular weight excluding hydrogens is 306 g/mol. The molecule has 136 valence electrons. The van der Waals surface area contributed by atoms with Crippen molar-refractivity contribution in [1.29, 1.82) is 0 Å². The van der Waals surface area contributed by atoms with Crippen LogP contribution in [-0.2, 0) is 14.3 Å². The predicted octanol–water partition coefficient (Wildman–Crippen LogP) is 3.22. The van der Waals surface area contributed by atoms with Crippen LogP contribution in [0.25, 0.3) is 0 Å². The van der Waals surface area contributed by atoms with Gasteiger partial charge in [0.05, 0.1) is 11.5 Å². The average Bonchev–Trinajstić information content (AvgIpc) is 3.02. The molecule has 0 spiro atoms. The van der Waals surface area contributed by atoms with Crippen LogP contribution in [-0.4, -0.2) is 47.2 Å². The van der Waals surface area contributed by atoms with Gasteiger partial charge in [0.15, 0.2) is 0 Å². The second kappa shape index (κ2) is 7.42. The van der Waals surface area contributed by atoms with Crippen molar-refractivity contribution in [2.24, 2.45) is 11.3 Å². The Bertz CT molecular complexity index is 460. The van der Waals surface area contributed by atoms with Crippen LogP contribution in [0.4, 0.5) is 0 Å². The average molecular weight is 337 g/mol. The van der Waals surface area contributed by atoms with Gasteiger partial charge in [0, 0.05) is 25.6 Å². The SMILES string of the molecule is CC1CCC(N(CC2CCCO2)C(=O)CC2(C(=O)O)CCC2)CC1. The first-order valence-corrected chi connectivity index (χ1v) is 9.65. The minimum atomic E-state index is -0.798. The zero-order chi connectivity index (χ0) is 17.2. The summed E-state index contributed by atoms with van der Waals surface area (Å²) in [5.41, 5.74) is -0.798. The van der Waals surface area contributed by atoms with Gasteiger partial charge < -0.3 is 14.7 Å². The molecule has 0 aromatic carbocycles. The van der Waals surface area contributed by atoms with E-state index in [1.807, 2.05) is 4.90 Å². The van der Waals surface area contributed by atoms with Crippen LogP contribution in [0.2, 0.25) is 0 Å². The molecule has 0 bridgehead atoms. The molecule has 3 fully saturated rings. The van der Waals surface area contributed by atoms with Crippen molar-refractivity contribution < 1.29 is 19.4 Å². The molecule has 3 rings (SSSR count). The Morgan fingerprint density at radius 3 is 2.33 bits per heavy atom. The van der Waals surface area contributed by atoms with Crippen molar-refractivity contribution in [2.45, 2.75) is 83.3 Å². The third-order valence-electron chi connectivity index (χ3n) is 6.42. The van der Waals surface area contributed by atoms with E-state index >= 15 is 0 Å². The summed E-state index contributed by atoms with van der Waals surface area (Å²) in [6.07, 6.45) is 8.98. The monoisotopic (exact) mass is 337 g/mol. The highest BCUT2D eigenvalue weighted by Crippen LogP contribution is 2.45. The molecule has 1 amide bonds. The molecule has 3 aliphatic rings. The summed E-state index contributed by atoms with van der Waals surface area (Å²) in [5.74, 6) is -0.0264. The lowest BCUT2D eigenvalue weighted by Crippen LogP contribution is -2.49. The van der Waals surface area contributed by atoms with Crippen molar-refractivity contribution in [3.8, 4) is 0 Å². The fraction of sp³-hybridized carbons (Fsp3) is 0.895. The molecule has 5 nitrogen and oxygen atoms in total. The molecular formula is C19H31NO4. The largest absolute Gasteiger partial charge is 0.481 e. The highest BCUT2D eigenvalue weighted by molar-refractivity contribution is 5.86. The summed E-state index contributed by atoms with van der Waals surface area (Å²) in [5, 5.41) is 9.55. The zero-order valence-corrected chi connectivity index (χ0v) is 14.8. The van der Waals surface area contributed by atoms with Crippen molar-refractivity contribution >= 4 is 11.9 Å². The van der Waals surface area contributed by atoms with E-state index in [9.17, 15) is 14.7 Å². The van der Waals surface area contributed by atoms with E-state index in [2.05, 4.69) is 6.92 Å². The van der Waals surface area contributed by atoms with Crippen molar-refractivity contribution in [3.05, 3.63) is 0 Å². The van der Waals surface area contributed by atoms with Gasteiger partial charge in [-0.15, -0.1) is 0 Å². The van der Waals surface area contributed by atoms with Crippen LogP contribution in [0.5, 0.6) is 0 Å². The first-order valence-electron chi connectivity index (χ1n) is 9.65. The normalized spacial score (nSPS) is 32.1. The highest BCUT2D eigenvalue weighted by Gasteiger charge is 2.47. The predicted molar refractivity (Wildman–Crippen MR) is 90.6 cm³/mol. The van der Waals surface area contributed by atoms with Crippen molar-refractivity contribution in [1.82, 2.24) is 4.90 Å². The number of carboxylic acids is 1. The van der Waals surface area contributed by atoms with Gasteiger partial charge >= 0.3 is 5.97 Å². The Kier molecular flexibility index (Phi) is 5.48. The number of aliphatic carboxylic acids is 1. The summed E-state index contributed by atoms with van der Waals surface area (Å²) in [4.78, 5) is 26.7. The molecule has 2 saturated carbocycles. The van der Waals surface area contributed by atoms with E-state index in [0.29, 0.717) is 19.4 Å². The fourth-order valence-electron chi connectivity index (χ4n) is 4.48. The summed E-state index contributed by atoms with van der Waals surface area (Å²) >= 11 is 0. The number of carbonyl (C=O) groups is 2. The Morgan fingerprint density at radius 2 is 1.83 bits per heavy atom. The molecule has 1 heterocycles. The number of carboxylic acid groups (broad SMARTS) is 1. The molecule has 1 aliphatic heterocycles. The second-order valence-electron chi connectivity index (χ2n) is 8.21. The van der Waals surface area contributed by atoms with Gasteiger partial charge in [-0.1, -0.05) is 13.3 Å². The molecule has 1 atom stereocenters. The standard InChI is InChI=1S/C19H31NO4/c1-14-5-7-15(8-6-14)20(13-16-4-2-11-24-16)17(21)12-19(18(22)23)9-3-10-19/h14-16H,2-13H2,1H3,(H,22,23). The number of hydrogen-bond donors (Lipinski definition) is 1. The Morgan fingerprint density at radius 1 is 1.12 bits per heavy atom. The zero-order valence-electron chi connectivity index (χ0n) is 14.8. The van der Waals surface area contributed by atoms with Gasteiger partial charge in [0.1, 0.15) is 0 Å². The smallest absolute Gasteiger partial charge is 0.310 e. The summed E-state index contributed by atoms with van der Waals surface area (Å²) in [7, 11) is 0. The third-order valence-corrected chi connectivity index (χ3v) is 6.42. The first kappa shape index (κ1) is 17.7. The summed E-state index contributed by atoms with van der Waals surface area (Å²) < 4.78 is 5.75. The van der Waals surface area contributed by atoms with Gasteiger partial charge in [-0.3, -0.25) is 9.59 Å². The molecule has 24 heavy (non-hydrogen) atoms. The Hall–Kier alpha value is -1.10. The lowest BCUT2D eigenvalue weighted by molar-refractivity contribution is -0.160. The number of ether oxygens (including phenoxy) is 1. The van der Waals surface area contributed by atoms with Crippen LogP contribution in [0.1, 0.15) is 71.1 Å². The van der Waals surface area contributed by atoms with Crippen molar-refractivity contribution in [3.63, 3.8) is 0 Å². The highest BCUT2D eigenvalue weighted by atomic mass is 16.5. The van der Waals surface area contributed by atoms with Gasteiger partial charge in [-0.2, -0.15) is 0 Å². The quantitative estimate of drug-likeness (QED) is 0.808. The maximum Gasteiger partial charge on any atom is 0.310 e. The maximum absolute atomic E-state index is 13.0. The lowest BCUT2D eigenvalue weighted by atomic mass is 9.66. The van der Waals surface area contributed by atoms with Gasteiger partial charge in [0.25, 0.3) is 0 Å². The minimum Gasteiger partial charge on any atom is -0.481 e. The van der Waals surface area contributed by atoms with Crippen LogP contribution in [0.15, 0.2) is 0 Å². The van der Waals surface area contributed by atoms with E-state index in [0.717, 1.165) is 57.5 Å². The molecule has 0 radical (unpaired) electrons. The topological polar surface area (TPSA) is 66.8 Å². The molecule has 1 N–H and O–H groups in total. The van der Waals surface area contributed by atoms with E-state index < -0.39 is 11.4 Å². The molecule has 1 saturated heterocycles. The van der Waals surface area contributed by atoms with Crippen LogP contribution in [0, 0.1) is 11.3 Å². The van der Waals surface area contributed by atoms with E-state index in [4.69, 9.17) is 4.74 Å². The maximum atomic E-state index is 13.0. The Balaban J connectivity index is 1.68.